The molecule has 1 aromatic carbocycles. The zero-order valence-corrected chi connectivity index (χ0v) is 12.3. The summed E-state index contributed by atoms with van der Waals surface area (Å²) in [6.07, 6.45) is 0. The van der Waals surface area contributed by atoms with Crippen LogP contribution in [0.3, 0.4) is 0 Å². The van der Waals surface area contributed by atoms with E-state index in [1.54, 1.807) is 25.3 Å². The molecule has 0 saturated heterocycles. The minimum absolute atomic E-state index is 0.239. The average molecular weight is 317 g/mol. The minimum atomic E-state index is 0.239. The number of hydrogen-bond donors (Lipinski definition) is 2. The first-order valence-electron chi connectivity index (χ1n) is 5.94. The van der Waals surface area contributed by atoms with E-state index in [2.05, 4.69) is 20.8 Å². The molecule has 0 bridgehead atoms. The number of methoxy groups -OCH3 is 1. The van der Waals surface area contributed by atoms with Gasteiger partial charge in [0.2, 0.25) is 5.89 Å². The summed E-state index contributed by atoms with van der Waals surface area (Å²) in [6, 6.07) is 5.44. The van der Waals surface area contributed by atoms with Gasteiger partial charge >= 0.3 is 6.01 Å². The molecule has 0 aliphatic heterocycles. The van der Waals surface area contributed by atoms with Gasteiger partial charge in [-0.2, -0.15) is 0 Å². The summed E-state index contributed by atoms with van der Waals surface area (Å²) >= 11 is 12.1. The predicted molar refractivity (Wildman–Crippen MR) is 77.6 cm³/mol. The standard InChI is InChI=1S/C12H14Cl2N4O2/c1-19-6-5-15-7-10-17-18-12(20-10)16-11-8(13)3-2-4-9(11)14/h2-4,15H,5-7H2,1H3,(H,16,18). The summed E-state index contributed by atoms with van der Waals surface area (Å²) in [5, 5.41) is 14.7. The smallest absolute Gasteiger partial charge is 0.320 e. The van der Waals surface area contributed by atoms with Crippen molar-refractivity contribution in [2.75, 3.05) is 25.6 Å². The van der Waals surface area contributed by atoms with Crippen molar-refractivity contribution in [3.05, 3.63) is 34.1 Å². The van der Waals surface area contributed by atoms with Crippen molar-refractivity contribution in [3.8, 4) is 0 Å². The molecule has 0 amide bonds. The van der Waals surface area contributed by atoms with Crippen LogP contribution < -0.4 is 10.6 Å². The van der Waals surface area contributed by atoms with Gasteiger partial charge in [-0.05, 0) is 12.1 Å². The quantitative estimate of drug-likeness (QED) is 0.765. The van der Waals surface area contributed by atoms with E-state index in [1.807, 2.05) is 0 Å². The van der Waals surface area contributed by atoms with E-state index in [4.69, 9.17) is 32.4 Å². The number of ether oxygens (including phenoxy) is 1. The number of hydrogen-bond acceptors (Lipinski definition) is 6. The highest BCUT2D eigenvalue weighted by Gasteiger charge is 2.10. The van der Waals surface area contributed by atoms with E-state index >= 15 is 0 Å². The molecule has 0 aliphatic rings. The van der Waals surface area contributed by atoms with Gasteiger partial charge in [0.05, 0.1) is 28.9 Å². The summed E-state index contributed by atoms with van der Waals surface area (Å²) in [6.45, 7) is 1.79. The maximum absolute atomic E-state index is 6.04. The second-order valence-corrected chi connectivity index (χ2v) is 4.71. The molecule has 0 atom stereocenters. The highest BCUT2D eigenvalue weighted by Crippen LogP contribution is 2.31. The number of aromatic nitrogens is 2. The van der Waals surface area contributed by atoms with Crippen molar-refractivity contribution in [1.82, 2.24) is 15.5 Å². The van der Waals surface area contributed by atoms with E-state index in [0.29, 0.717) is 41.3 Å². The summed E-state index contributed by atoms with van der Waals surface area (Å²) in [5.74, 6) is 0.465. The van der Waals surface area contributed by atoms with E-state index in [0.717, 1.165) is 0 Å². The van der Waals surface area contributed by atoms with Gasteiger partial charge < -0.3 is 19.8 Å². The largest absolute Gasteiger partial charge is 0.406 e. The third kappa shape index (κ3) is 4.08. The van der Waals surface area contributed by atoms with Gasteiger partial charge in [-0.3, -0.25) is 0 Å². The Morgan fingerprint density at radius 1 is 1.25 bits per heavy atom. The summed E-state index contributed by atoms with van der Waals surface area (Å²) in [4.78, 5) is 0. The van der Waals surface area contributed by atoms with Crippen molar-refractivity contribution in [2.24, 2.45) is 0 Å². The van der Waals surface area contributed by atoms with Crippen LogP contribution >= 0.6 is 23.2 Å². The second kappa shape index (κ2) is 7.44. The third-order valence-electron chi connectivity index (χ3n) is 2.42. The van der Waals surface area contributed by atoms with Gasteiger partial charge in [-0.15, -0.1) is 5.10 Å². The van der Waals surface area contributed by atoms with Crippen LogP contribution in [0.2, 0.25) is 10.0 Å². The van der Waals surface area contributed by atoms with Gasteiger partial charge in [0.25, 0.3) is 0 Å². The second-order valence-electron chi connectivity index (χ2n) is 3.89. The van der Waals surface area contributed by atoms with Gasteiger partial charge in [0.1, 0.15) is 0 Å². The molecule has 1 heterocycles. The fourth-order valence-electron chi connectivity index (χ4n) is 1.47. The first-order valence-corrected chi connectivity index (χ1v) is 6.69. The fourth-order valence-corrected chi connectivity index (χ4v) is 1.96. The molecule has 2 N–H and O–H groups in total. The molecule has 0 aliphatic carbocycles. The maximum atomic E-state index is 6.04. The van der Waals surface area contributed by atoms with Crippen LogP contribution in [-0.2, 0) is 11.3 Å². The van der Waals surface area contributed by atoms with Crippen molar-refractivity contribution < 1.29 is 9.15 Å². The zero-order valence-electron chi connectivity index (χ0n) is 10.8. The highest BCUT2D eigenvalue weighted by atomic mass is 35.5. The van der Waals surface area contributed by atoms with Crippen LogP contribution in [0.25, 0.3) is 0 Å². The lowest BCUT2D eigenvalue weighted by Crippen LogP contribution is -2.18. The molecule has 20 heavy (non-hydrogen) atoms. The van der Waals surface area contributed by atoms with Crippen molar-refractivity contribution in [2.45, 2.75) is 6.54 Å². The van der Waals surface area contributed by atoms with E-state index in [9.17, 15) is 0 Å². The Morgan fingerprint density at radius 3 is 2.70 bits per heavy atom. The molecule has 0 unspecified atom stereocenters. The first-order chi connectivity index (χ1) is 9.70. The molecule has 1 aromatic heterocycles. The molecule has 2 rings (SSSR count). The Morgan fingerprint density at radius 2 is 2.00 bits per heavy atom. The van der Waals surface area contributed by atoms with Gasteiger partial charge in [-0.1, -0.05) is 34.4 Å². The fraction of sp³-hybridized carbons (Fsp3) is 0.333. The number of nitrogens with one attached hydrogen (secondary N) is 2. The zero-order chi connectivity index (χ0) is 14.4. The molecule has 8 heteroatoms. The number of halogens is 2. The SMILES string of the molecule is COCCNCc1nnc(Nc2c(Cl)cccc2Cl)o1. The number of nitrogens with zero attached hydrogens (tertiary/aromatic N) is 2. The molecule has 108 valence electrons. The van der Waals surface area contributed by atoms with Crippen molar-refractivity contribution >= 4 is 34.9 Å². The molecule has 0 spiro atoms. The summed E-state index contributed by atoms with van der Waals surface area (Å²) in [7, 11) is 1.64. The Hall–Kier alpha value is -1.34. The molecular formula is C12H14Cl2N4O2. The van der Waals surface area contributed by atoms with E-state index < -0.39 is 0 Å². The molecule has 0 saturated carbocycles. The van der Waals surface area contributed by atoms with Crippen LogP contribution in [0.15, 0.2) is 22.6 Å². The number of anilines is 2. The number of para-hydroxylation sites is 1. The molecular weight excluding hydrogens is 303 g/mol. The van der Waals surface area contributed by atoms with Crippen LogP contribution in [0.5, 0.6) is 0 Å². The number of benzene rings is 1. The van der Waals surface area contributed by atoms with Crippen molar-refractivity contribution in [1.29, 1.82) is 0 Å². The number of rotatable bonds is 7. The first kappa shape index (κ1) is 15.1. The molecule has 6 nitrogen and oxygen atoms in total. The van der Waals surface area contributed by atoms with Crippen LogP contribution in [-0.4, -0.2) is 30.5 Å². The van der Waals surface area contributed by atoms with Crippen LogP contribution in [0, 0.1) is 0 Å². The molecule has 0 fully saturated rings. The third-order valence-corrected chi connectivity index (χ3v) is 3.05. The Kier molecular flexibility index (Phi) is 5.60. The Balaban J connectivity index is 1.96. The van der Waals surface area contributed by atoms with E-state index in [1.165, 1.54) is 0 Å². The Labute approximate surface area is 126 Å². The lowest BCUT2D eigenvalue weighted by molar-refractivity contribution is 0.198. The van der Waals surface area contributed by atoms with Gasteiger partial charge in [0, 0.05) is 13.7 Å². The topological polar surface area (TPSA) is 72.2 Å². The van der Waals surface area contributed by atoms with Gasteiger partial charge in [0.15, 0.2) is 0 Å². The Bertz CT molecular complexity index is 542. The monoisotopic (exact) mass is 316 g/mol. The maximum Gasteiger partial charge on any atom is 0.320 e. The van der Waals surface area contributed by atoms with Crippen LogP contribution in [0.1, 0.15) is 5.89 Å². The van der Waals surface area contributed by atoms with Crippen molar-refractivity contribution in [3.63, 3.8) is 0 Å². The van der Waals surface area contributed by atoms with Crippen LogP contribution in [0.4, 0.5) is 11.7 Å². The minimum Gasteiger partial charge on any atom is -0.406 e. The predicted octanol–water partition coefficient (Wildman–Crippen LogP) is 2.86. The molecule has 2 aromatic rings. The van der Waals surface area contributed by atoms with E-state index in [-0.39, 0.29) is 6.01 Å². The average Bonchev–Trinajstić information content (AvgIpc) is 2.87. The molecule has 0 radical (unpaired) electrons. The van der Waals surface area contributed by atoms with Gasteiger partial charge in [-0.25, -0.2) is 0 Å². The highest BCUT2D eigenvalue weighted by molar-refractivity contribution is 6.39. The summed E-state index contributed by atoms with van der Waals surface area (Å²) < 4.78 is 10.3. The lowest BCUT2D eigenvalue weighted by atomic mass is 10.3. The lowest BCUT2D eigenvalue weighted by Gasteiger charge is -2.05. The summed E-state index contributed by atoms with van der Waals surface area (Å²) in [5.41, 5.74) is 0.540. The normalized spacial score (nSPS) is 10.8.